The first-order valence-corrected chi connectivity index (χ1v) is 2.90. The molecule has 48 valence electrons. The minimum Gasteiger partial charge on any atom is -0.368 e. The maximum Gasteiger partial charge on any atom is 0.154 e. The second-order valence-electron chi connectivity index (χ2n) is 3.21. The van der Waals surface area contributed by atoms with Crippen molar-refractivity contribution < 1.29 is 10.2 Å². The van der Waals surface area contributed by atoms with E-state index in [1.54, 1.807) is 0 Å². The van der Waals surface area contributed by atoms with Gasteiger partial charge >= 0.3 is 0 Å². The lowest BCUT2D eigenvalue weighted by molar-refractivity contribution is -0.0641. The molecule has 1 atom stereocenters. The van der Waals surface area contributed by atoms with Gasteiger partial charge in [0.25, 0.3) is 0 Å². The third-order valence-corrected chi connectivity index (χ3v) is 1.95. The van der Waals surface area contributed by atoms with E-state index >= 15 is 0 Å². The van der Waals surface area contributed by atoms with Crippen LogP contribution in [0.3, 0.4) is 0 Å². The van der Waals surface area contributed by atoms with E-state index in [0.29, 0.717) is 0 Å². The van der Waals surface area contributed by atoms with E-state index in [0.717, 1.165) is 6.42 Å². The minimum absolute atomic E-state index is 0.127. The minimum atomic E-state index is -1.09. The van der Waals surface area contributed by atoms with E-state index in [1.165, 1.54) is 0 Å². The number of hydrogen-bond acceptors (Lipinski definition) is 2. The van der Waals surface area contributed by atoms with Crippen molar-refractivity contribution in [1.82, 2.24) is 0 Å². The predicted molar refractivity (Wildman–Crippen MR) is 30.1 cm³/mol. The molecule has 0 radical (unpaired) electrons. The van der Waals surface area contributed by atoms with Crippen LogP contribution in [-0.2, 0) is 0 Å². The van der Waals surface area contributed by atoms with Gasteiger partial charge in [-0.05, 0) is 11.8 Å². The van der Waals surface area contributed by atoms with Crippen LogP contribution in [0.2, 0.25) is 0 Å². The van der Waals surface area contributed by atoms with Crippen LogP contribution >= 0.6 is 0 Å². The zero-order valence-electron chi connectivity index (χ0n) is 5.26. The van der Waals surface area contributed by atoms with E-state index in [9.17, 15) is 0 Å². The van der Waals surface area contributed by atoms with Crippen LogP contribution in [0.1, 0.15) is 20.3 Å². The second-order valence-corrected chi connectivity index (χ2v) is 3.21. The standard InChI is InChI=1S/C6H12O2/c1-6(2)3-4(6)5(7)8/h4-5,7-8H,3H2,1-2H3/t4-/m1/s1. The van der Waals surface area contributed by atoms with Crippen molar-refractivity contribution in [2.45, 2.75) is 26.6 Å². The SMILES string of the molecule is CC1(C)C[C@@H]1C(O)O. The summed E-state index contributed by atoms with van der Waals surface area (Å²) in [6.07, 6.45) is -0.144. The molecule has 1 fully saturated rings. The molecule has 1 aliphatic carbocycles. The third-order valence-electron chi connectivity index (χ3n) is 1.95. The number of hydrogen-bond donors (Lipinski definition) is 2. The molecule has 1 aliphatic rings. The Labute approximate surface area is 49.1 Å². The highest BCUT2D eigenvalue weighted by atomic mass is 16.5. The second kappa shape index (κ2) is 1.45. The first-order valence-electron chi connectivity index (χ1n) is 2.90. The van der Waals surface area contributed by atoms with Crippen molar-refractivity contribution in [3.05, 3.63) is 0 Å². The smallest absolute Gasteiger partial charge is 0.154 e. The maximum absolute atomic E-state index is 8.58. The Morgan fingerprint density at radius 3 is 1.88 bits per heavy atom. The highest BCUT2D eigenvalue weighted by Crippen LogP contribution is 2.52. The quantitative estimate of drug-likeness (QED) is 0.485. The molecule has 0 spiro atoms. The third kappa shape index (κ3) is 0.858. The van der Waals surface area contributed by atoms with E-state index < -0.39 is 6.29 Å². The van der Waals surface area contributed by atoms with Crippen LogP contribution < -0.4 is 0 Å². The van der Waals surface area contributed by atoms with Gasteiger partial charge in [0.15, 0.2) is 6.29 Å². The van der Waals surface area contributed by atoms with Crippen LogP contribution in [-0.4, -0.2) is 16.5 Å². The maximum atomic E-state index is 8.58. The van der Waals surface area contributed by atoms with Crippen LogP contribution in [0.25, 0.3) is 0 Å². The summed E-state index contributed by atoms with van der Waals surface area (Å²) in [5.74, 6) is 0.127. The first-order chi connectivity index (χ1) is 3.54. The zero-order chi connectivity index (χ0) is 6.36. The van der Waals surface area contributed by atoms with Crippen molar-refractivity contribution in [2.24, 2.45) is 11.3 Å². The Balaban J connectivity index is 2.37. The fourth-order valence-electron chi connectivity index (χ4n) is 1.02. The highest BCUT2D eigenvalue weighted by molar-refractivity contribution is 4.95. The highest BCUT2D eigenvalue weighted by Gasteiger charge is 2.49. The Morgan fingerprint density at radius 2 is 1.88 bits per heavy atom. The molecule has 0 aromatic heterocycles. The van der Waals surface area contributed by atoms with Crippen LogP contribution in [0.4, 0.5) is 0 Å². The van der Waals surface area contributed by atoms with Crippen LogP contribution in [0.5, 0.6) is 0 Å². The molecule has 2 heteroatoms. The molecule has 8 heavy (non-hydrogen) atoms. The molecule has 0 unspecified atom stereocenters. The molecule has 0 saturated heterocycles. The van der Waals surface area contributed by atoms with Gasteiger partial charge < -0.3 is 10.2 Å². The fraction of sp³-hybridized carbons (Fsp3) is 1.00. The summed E-state index contributed by atoms with van der Waals surface area (Å²) < 4.78 is 0. The van der Waals surface area contributed by atoms with Crippen molar-refractivity contribution >= 4 is 0 Å². The molecule has 0 amide bonds. The molecular weight excluding hydrogens is 104 g/mol. The van der Waals surface area contributed by atoms with Gasteiger partial charge in [-0.2, -0.15) is 0 Å². The van der Waals surface area contributed by atoms with Gasteiger partial charge in [-0.1, -0.05) is 13.8 Å². The number of rotatable bonds is 1. The van der Waals surface area contributed by atoms with Gasteiger partial charge in [-0.15, -0.1) is 0 Å². The van der Waals surface area contributed by atoms with Crippen LogP contribution in [0, 0.1) is 11.3 Å². The van der Waals surface area contributed by atoms with Gasteiger partial charge in [0.05, 0.1) is 0 Å². The van der Waals surface area contributed by atoms with E-state index in [2.05, 4.69) is 0 Å². The van der Waals surface area contributed by atoms with E-state index in [1.807, 2.05) is 13.8 Å². The molecule has 0 bridgehead atoms. The van der Waals surface area contributed by atoms with Crippen molar-refractivity contribution in [1.29, 1.82) is 0 Å². The summed E-state index contributed by atoms with van der Waals surface area (Å²) in [6.45, 7) is 4.08. The van der Waals surface area contributed by atoms with E-state index in [4.69, 9.17) is 10.2 Å². The van der Waals surface area contributed by atoms with E-state index in [-0.39, 0.29) is 11.3 Å². The number of aliphatic hydroxyl groups is 2. The Hall–Kier alpha value is -0.0800. The molecule has 0 aromatic rings. The molecule has 1 saturated carbocycles. The number of aliphatic hydroxyl groups excluding tert-OH is 1. The Morgan fingerprint density at radius 1 is 1.50 bits per heavy atom. The Kier molecular flexibility index (Phi) is 1.10. The van der Waals surface area contributed by atoms with Gasteiger partial charge in [-0.3, -0.25) is 0 Å². The van der Waals surface area contributed by atoms with Crippen molar-refractivity contribution in [2.75, 3.05) is 0 Å². The summed E-state index contributed by atoms with van der Waals surface area (Å²) in [5, 5.41) is 17.2. The summed E-state index contributed by atoms with van der Waals surface area (Å²) in [5.41, 5.74) is 0.189. The topological polar surface area (TPSA) is 40.5 Å². The average Bonchev–Trinajstić information content (AvgIpc) is 2.13. The first kappa shape index (κ1) is 6.05. The lowest BCUT2D eigenvalue weighted by Gasteiger charge is -2.03. The normalized spacial score (nSPS) is 33.4. The molecule has 2 N–H and O–H groups in total. The Bertz CT molecular complexity index is 96.7. The summed E-state index contributed by atoms with van der Waals surface area (Å²) in [7, 11) is 0. The van der Waals surface area contributed by atoms with Gasteiger partial charge in [-0.25, -0.2) is 0 Å². The fourth-order valence-corrected chi connectivity index (χ4v) is 1.02. The van der Waals surface area contributed by atoms with Gasteiger partial charge in [0.2, 0.25) is 0 Å². The lowest BCUT2D eigenvalue weighted by atomic mass is 10.1. The monoisotopic (exact) mass is 116 g/mol. The van der Waals surface area contributed by atoms with Gasteiger partial charge in [0.1, 0.15) is 0 Å². The molecule has 1 rings (SSSR count). The molecule has 0 aromatic carbocycles. The summed E-state index contributed by atoms with van der Waals surface area (Å²) >= 11 is 0. The van der Waals surface area contributed by atoms with Crippen molar-refractivity contribution in [3.63, 3.8) is 0 Å². The molecule has 2 nitrogen and oxygen atoms in total. The molecule has 0 heterocycles. The summed E-state index contributed by atoms with van der Waals surface area (Å²) in [6, 6.07) is 0. The average molecular weight is 116 g/mol. The van der Waals surface area contributed by atoms with Gasteiger partial charge in [0, 0.05) is 5.92 Å². The zero-order valence-corrected chi connectivity index (χ0v) is 5.26. The van der Waals surface area contributed by atoms with Crippen LogP contribution in [0.15, 0.2) is 0 Å². The largest absolute Gasteiger partial charge is 0.368 e. The lowest BCUT2D eigenvalue weighted by Crippen LogP contribution is -2.10. The predicted octanol–water partition coefficient (Wildman–Crippen LogP) is 0.343. The summed E-state index contributed by atoms with van der Waals surface area (Å²) in [4.78, 5) is 0. The molecular formula is C6H12O2. The molecule has 0 aliphatic heterocycles. The van der Waals surface area contributed by atoms with Crippen molar-refractivity contribution in [3.8, 4) is 0 Å².